The van der Waals surface area contributed by atoms with Crippen LogP contribution in [0.4, 0.5) is 5.69 Å². The molecule has 0 aliphatic carbocycles. The number of aryl methyl sites for hydroxylation is 2. The lowest BCUT2D eigenvalue weighted by molar-refractivity contribution is -0.113. The molecule has 3 rings (SSSR count). The van der Waals surface area contributed by atoms with Crippen molar-refractivity contribution in [3.63, 3.8) is 0 Å². The van der Waals surface area contributed by atoms with Crippen LogP contribution in [0.5, 0.6) is 0 Å². The van der Waals surface area contributed by atoms with E-state index in [1.54, 1.807) is 24.3 Å². The molecule has 0 saturated heterocycles. The molecular formula is C25H23NO3S. The fraction of sp³-hybridized carbons (Fsp3) is 0.0800. The van der Waals surface area contributed by atoms with Gasteiger partial charge in [-0.15, -0.1) is 0 Å². The zero-order valence-electron chi connectivity index (χ0n) is 17.0. The molecule has 0 heterocycles. The first-order valence-corrected chi connectivity index (χ1v) is 10.8. The van der Waals surface area contributed by atoms with Crippen LogP contribution in [0.3, 0.4) is 0 Å². The van der Waals surface area contributed by atoms with Gasteiger partial charge in [-0.3, -0.25) is 4.79 Å². The fourth-order valence-corrected chi connectivity index (χ4v) is 4.54. The van der Waals surface area contributed by atoms with Crippen molar-refractivity contribution in [2.24, 2.45) is 0 Å². The van der Waals surface area contributed by atoms with Crippen LogP contribution in [0.25, 0.3) is 5.57 Å². The SMILES string of the molecule is C=CC(=O)N(c1cc(C)ccc1C(=C)c1ccccc1)S(=O)(=O)c1ccc(C)cc1. The first-order valence-electron chi connectivity index (χ1n) is 9.39. The Morgan fingerprint density at radius 1 is 0.900 bits per heavy atom. The van der Waals surface area contributed by atoms with E-state index in [0.29, 0.717) is 11.1 Å². The van der Waals surface area contributed by atoms with E-state index in [0.717, 1.165) is 27.1 Å². The summed E-state index contributed by atoms with van der Waals surface area (Å²) >= 11 is 0. The van der Waals surface area contributed by atoms with Crippen molar-refractivity contribution in [3.8, 4) is 0 Å². The second-order valence-electron chi connectivity index (χ2n) is 6.99. The van der Waals surface area contributed by atoms with E-state index in [1.165, 1.54) is 12.1 Å². The number of hydrogen-bond acceptors (Lipinski definition) is 3. The molecule has 0 aromatic heterocycles. The number of sulfonamides is 1. The molecule has 4 nitrogen and oxygen atoms in total. The van der Waals surface area contributed by atoms with Crippen LogP contribution in [0.1, 0.15) is 22.3 Å². The summed E-state index contributed by atoms with van der Waals surface area (Å²) in [5.41, 5.74) is 3.99. The standard InChI is InChI=1S/C25H23NO3S/c1-5-25(27)26(30(28,29)22-14-11-18(2)12-15-22)24-17-19(3)13-16-23(24)20(4)21-9-7-6-8-10-21/h5-17H,1,4H2,2-3H3. The highest BCUT2D eigenvalue weighted by Gasteiger charge is 2.31. The summed E-state index contributed by atoms with van der Waals surface area (Å²) in [6.07, 6.45) is 1.00. The molecule has 0 radical (unpaired) electrons. The maximum atomic E-state index is 13.5. The molecule has 0 aliphatic rings. The van der Waals surface area contributed by atoms with E-state index in [9.17, 15) is 13.2 Å². The predicted molar refractivity (Wildman–Crippen MR) is 122 cm³/mol. The van der Waals surface area contributed by atoms with Gasteiger partial charge in [0.15, 0.2) is 0 Å². The molecule has 0 N–H and O–H groups in total. The Hall–Kier alpha value is -3.44. The number of carbonyl (C=O) groups is 1. The van der Waals surface area contributed by atoms with E-state index in [1.807, 2.05) is 50.2 Å². The van der Waals surface area contributed by atoms with Crippen molar-refractivity contribution in [2.75, 3.05) is 4.31 Å². The first kappa shape index (κ1) is 21.3. The molecule has 3 aromatic rings. The highest BCUT2D eigenvalue weighted by molar-refractivity contribution is 7.93. The number of nitrogens with zero attached hydrogens (tertiary/aromatic N) is 1. The average molecular weight is 418 g/mol. The number of carbonyl (C=O) groups excluding carboxylic acids is 1. The number of benzene rings is 3. The Balaban J connectivity index is 2.24. The summed E-state index contributed by atoms with van der Waals surface area (Å²) in [5.74, 6) is -0.733. The van der Waals surface area contributed by atoms with Crippen LogP contribution in [0.15, 0.2) is 96.9 Å². The average Bonchev–Trinajstić information content (AvgIpc) is 2.74. The van der Waals surface area contributed by atoms with E-state index in [4.69, 9.17) is 0 Å². The van der Waals surface area contributed by atoms with Crippen molar-refractivity contribution in [1.29, 1.82) is 0 Å². The minimum atomic E-state index is -4.17. The second kappa shape index (κ2) is 8.51. The Morgan fingerprint density at radius 2 is 1.50 bits per heavy atom. The summed E-state index contributed by atoms with van der Waals surface area (Å²) < 4.78 is 27.8. The van der Waals surface area contributed by atoms with Gasteiger partial charge in [0, 0.05) is 5.56 Å². The van der Waals surface area contributed by atoms with Gasteiger partial charge >= 0.3 is 0 Å². The topological polar surface area (TPSA) is 54.5 Å². The van der Waals surface area contributed by atoms with E-state index >= 15 is 0 Å². The van der Waals surface area contributed by atoms with Crippen molar-refractivity contribution < 1.29 is 13.2 Å². The number of amides is 1. The van der Waals surface area contributed by atoms with Crippen LogP contribution in [-0.2, 0) is 14.8 Å². The maximum absolute atomic E-state index is 13.5. The summed E-state index contributed by atoms with van der Waals surface area (Å²) in [4.78, 5) is 12.8. The molecule has 0 fully saturated rings. The fourth-order valence-electron chi connectivity index (χ4n) is 3.12. The van der Waals surface area contributed by atoms with Gasteiger partial charge in [0.05, 0.1) is 10.6 Å². The molecule has 3 aromatic carbocycles. The molecule has 0 atom stereocenters. The molecule has 0 saturated carbocycles. The van der Waals surface area contributed by atoms with Gasteiger partial charge in [-0.05, 0) is 54.8 Å². The van der Waals surface area contributed by atoms with Gasteiger partial charge in [-0.1, -0.05) is 73.3 Å². The van der Waals surface area contributed by atoms with E-state index < -0.39 is 15.9 Å². The molecular weight excluding hydrogens is 394 g/mol. The van der Waals surface area contributed by atoms with E-state index in [-0.39, 0.29) is 10.6 Å². The summed E-state index contributed by atoms with van der Waals surface area (Å²) in [5, 5.41) is 0. The van der Waals surface area contributed by atoms with Crippen LogP contribution >= 0.6 is 0 Å². The Morgan fingerprint density at radius 3 is 2.10 bits per heavy atom. The maximum Gasteiger partial charge on any atom is 0.271 e. The molecule has 0 unspecified atom stereocenters. The van der Waals surface area contributed by atoms with Gasteiger partial charge in [0.25, 0.3) is 15.9 Å². The molecule has 0 spiro atoms. The Kier molecular flexibility index (Phi) is 6.04. The monoisotopic (exact) mass is 417 g/mol. The van der Waals surface area contributed by atoms with Gasteiger partial charge in [0.2, 0.25) is 0 Å². The quantitative estimate of drug-likeness (QED) is 0.513. The highest BCUT2D eigenvalue weighted by atomic mass is 32.2. The predicted octanol–water partition coefficient (Wildman–Crippen LogP) is 5.27. The highest BCUT2D eigenvalue weighted by Crippen LogP contribution is 2.35. The normalized spacial score (nSPS) is 11.0. The van der Waals surface area contributed by atoms with Crippen molar-refractivity contribution in [2.45, 2.75) is 18.7 Å². The molecule has 152 valence electrons. The lowest BCUT2D eigenvalue weighted by Gasteiger charge is -2.25. The van der Waals surface area contributed by atoms with Crippen LogP contribution < -0.4 is 4.31 Å². The lowest BCUT2D eigenvalue weighted by atomic mass is 9.97. The molecule has 0 bridgehead atoms. The third-order valence-corrected chi connectivity index (χ3v) is 6.48. The molecule has 30 heavy (non-hydrogen) atoms. The lowest BCUT2D eigenvalue weighted by Crippen LogP contribution is -2.36. The largest absolute Gasteiger partial charge is 0.271 e. The molecule has 5 heteroatoms. The third-order valence-electron chi connectivity index (χ3n) is 4.75. The zero-order valence-corrected chi connectivity index (χ0v) is 17.8. The minimum absolute atomic E-state index is 0.0288. The van der Waals surface area contributed by atoms with Gasteiger partial charge < -0.3 is 0 Å². The van der Waals surface area contributed by atoms with Crippen molar-refractivity contribution in [3.05, 3.63) is 114 Å². The summed E-state index contributed by atoms with van der Waals surface area (Å²) in [6.45, 7) is 11.4. The second-order valence-corrected chi connectivity index (χ2v) is 8.78. The van der Waals surface area contributed by atoms with Crippen LogP contribution in [-0.4, -0.2) is 14.3 Å². The van der Waals surface area contributed by atoms with Crippen LogP contribution in [0, 0.1) is 13.8 Å². The summed E-state index contributed by atoms with van der Waals surface area (Å²) in [6, 6.07) is 21.1. The number of hydrogen-bond donors (Lipinski definition) is 0. The Labute approximate surface area is 177 Å². The van der Waals surface area contributed by atoms with Gasteiger partial charge in [-0.25, -0.2) is 8.42 Å². The Bertz CT molecular complexity index is 1210. The summed E-state index contributed by atoms with van der Waals surface area (Å²) in [7, 11) is -4.17. The smallest absolute Gasteiger partial charge is 0.268 e. The van der Waals surface area contributed by atoms with E-state index in [2.05, 4.69) is 13.2 Å². The number of anilines is 1. The minimum Gasteiger partial charge on any atom is -0.268 e. The molecule has 0 aliphatic heterocycles. The first-order chi connectivity index (χ1) is 14.3. The third kappa shape index (κ3) is 4.11. The van der Waals surface area contributed by atoms with Gasteiger partial charge in [-0.2, -0.15) is 4.31 Å². The van der Waals surface area contributed by atoms with Crippen molar-refractivity contribution in [1.82, 2.24) is 0 Å². The zero-order chi connectivity index (χ0) is 21.9. The van der Waals surface area contributed by atoms with Gasteiger partial charge in [0.1, 0.15) is 0 Å². The molecule has 1 amide bonds. The van der Waals surface area contributed by atoms with Crippen LogP contribution in [0.2, 0.25) is 0 Å². The number of rotatable bonds is 6. The van der Waals surface area contributed by atoms with Crippen molar-refractivity contribution >= 4 is 27.2 Å².